The summed E-state index contributed by atoms with van der Waals surface area (Å²) >= 11 is 2.85. The van der Waals surface area contributed by atoms with Crippen LogP contribution in [-0.2, 0) is 9.53 Å². The largest absolute Gasteiger partial charge is 0.378 e. The third kappa shape index (κ3) is 3.20. The molecular formula is C12H15N5O2S2. The molecule has 2 aromatic rings. The monoisotopic (exact) mass is 325 g/mol. The third-order valence-electron chi connectivity index (χ3n) is 3.09. The Labute approximate surface area is 130 Å². The third-order valence-corrected chi connectivity index (χ3v) is 4.89. The van der Waals surface area contributed by atoms with E-state index in [0.29, 0.717) is 43.0 Å². The fraction of sp³-hybridized carbons (Fsp3) is 0.417. The van der Waals surface area contributed by atoms with Crippen LogP contribution in [0.1, 0.15) is 0 Å². The van der Waals surface area contributed by atoms with E-state index in [4.69, 9.17) is 10.6 Å². The minimum Gasteiger partial charge on any atom is -0.378 e. The predicted molar refractivity (Wildman–Crippen MR) is 81.6 cm³/mol. The molecule has 21 heavy (non-hydrogen) atoms. The van der Waals surface area contributed by atoms with Gasteiger partial charge < -0.3 is 15.5 Å². The van der Waals surface area contributed by atoms with Crippen LogP contribution < -0.4 is 5.84 Å². The van der Waals surface area contributed by atoms with Gasteiger partial charge in [-0.1, -0.05) is 17.8 Å². The number of rotatable bonds is 4. The Morgan fingerprint density at radius 1 is 1.43 bits per heavy atom. The molecule has 1 amide bonds. The van der Waals surface area contributed by atoms with E-state index >= 15 is 0 Å². The summed E-state index contributed by atoms with van der Waals surface area (Å²) in [6, 6.07) is 3.87. The number of morpholine rings is 1. The molecule has 0 bridgehead atoms. The first-order valence-corrected chi connectivity index (χ1v) is 8.35. The van der Waals surface area contributed by atoms with Crippen molar-refractivity contribution < 1.29 is 9.53 Å². The molecule has 0 aliphatic carbocycles. The van der Waals surface area contributed by atoms with Crippen molar-refractivity contribution in [3.8, 4) is 10.7 Å². The van der Waals surface area contributed by atoms with E-state index in [9.17, 15) is 4.79 Å². The highest BCUT2D eigenvalue weighted by atomic mass is 32.2. The number of carbonyl (C=O) groups excluding carboxylic acids is 1. The SMILES string of the molecule is Nn1c(SCC(=O)N2CCOCC2)nnc1-c1cccs1. The highest BCUT2D eigenvalue weighted by Gasteiger charge is 2.19. The predicted octanol–water partition coefficient (Wildman–Crippen LogP) is 0.671. The average molecular weight is 325 g/mol. The molecule has 3 rings (SSSR count). The minimum atomic E-state index is 0.0731. The van der Waals surface area contributed by atoms with Gasteiger partial charge in [-0.15, -0.1) is 21.5 Å². The average Bonchev–Trinajstić information content (AvgIpc) is 3.15. The second-order valence-corrected chi connectivity index (χ2v) is 6.33. The van der Waals surface area contributed by atoms with E-state index in [0.717, 1.165) is 4.88 Å². The summed E-state index contributed by atoms with van der Waals surface area (Å²) in [6.07, 6.45) is 0. The molecule has 3 heterocycles. The molecule has 0 spiro atoms. The summed E-state index contributed by atoms with van der Waals surface area (Å²) in [7, 11) is 0. The van der Waals surface area contributed by atoms with E-state index in [1.807, 2.05) is 17.5 Å². The first-order valence-electron chi connectivity index (χ1n) is 6.48. The number of nitrogens with two attached hydrogens (primary N) is 1. The number of amides is 1. The van der Waals surface area contributed by atoms with Gasteiger partial charge >= 0.3 is 0 Å². The van der Waals surface area contributed by atoms with Crippen molar-refractivity contribution in [1.82, 2.24) is 19.8 Å². The van der Waals surface area contributed by atoms with E-state index in [2.05, 4.69) is 10.2 Å². The van der Waals surface area contributed by atoms with Crippen molar-refractivity contribution in [2.45, 2.75) is 5.16 Å². The van der Waals surface area contributed by atoms with Gasteiger partial charge in [0.05, 0.1) is 23.8 Å². The molecule has 9 heteroatoms. The summed E-state index contributed by atoms with van der Waals surface area (Å²) in [4.78, 5) is 14.8. The zero-order valence-corrected chi connectivity index (χ0v) is 12.9. The Bertz CT molecular complexity index is 607. The fourth-order valence-electron chi connectivity index (χ4n) is 1.98. The summed E-state index contributed by atoms with van der Waals surface area (Å²) in [5.74, 6) is 6.99. The molecule has 7 nitrogen and oxygen atoms in total. The van der Waals surface area contributed by atoms with Crippen LogP contribution >= 0.6 is 23.1 Å². The van der Waals surface area contributed by atoms with Gasteiger partial charge in [0.2, 0.25) is 11.1 Å². The summed E-state index contributed by atoms with van der Waals surface area (Å²) < 4.78 is 6.66. The van der Waals surface area contributed by atoms with Gasteiger partial charge in [0, 0.05) is 13.1 Å². The van der Waals surface area contributed by atoms with Crippen LogP contribution in [0.3, 0.4) is 0 Å². The van der Waals surface area contributed by atoms with Gasteiger partial charge in [-0.3, -0.25) is 4.79 Å². The maximum Gasteiger partial charge on any atom is 0.233 e. The number of carbonyl (C=O) groups is 1. The topological polar surface area (TPSA) is 86.3 Å². The van der Waals surface area contributed by atoms with Crippen LogP contribution in [-0.4, -0.2) is 57.7 Å². The number of ether oxygens (including phenoxy) is 1. The first kappa shape index (κ1) is 14.4. The molecule has 2 aromatic heterocycles. The second kappa shape index (κ2) is 6.46. The second-order valence-electron chi connectivity index (χ2n) is 4.44. The molecule has 0 atom stereocenters. The zero-order chi connectivity index (χ0) is 14.7. The number of nitrogens with zero attached hydrogens (tertiary/aromatic N) is 4. The van der Waals surface area contributed by atoms with Gasteiger partial charge in [-0.05, 0) is 11.4 Å². The Morgan fingerprint density at radius 3 is 2.95 bits per heavy atom. The molecule has 1 fully saturated rings. The Kier molecular flexibility index (Phi) is 4.42. The van der Waals surface area contributed by atoms with E-state index < -0.39 is 0 Å². The maximum atomic E-state index is 12.1. The van der Waals surface area contributed by atoms with Crippen molar-refractivity contribution in [3.05, 3.63) is 17.5 Å². The van der Waals surface area contributed by atoms with Gasteiger partial charge in [0.1, 0.15) is 0 Å². The van der Waals surface area contributed by atoms with Crippen molar-refractivity contribution >= 4 is 29.0 Å². The van der Waals surface area contributed by atoms with Crippen LogP contribution in [0, 0.1) is 0 Å². The van der Waals surface area contributed by atoms with Crippen molar-refractivity contribution in [1.29, 1.82) is 0 Å². The van der Waals surface area contributed by atoms with E-state index in [1.54, 1.807) is 16.2 Å². The number of hydrogen-bond acceptors (Lipinski definition) is 7. The quantitative estimate of drug-likeness (QED) is 0.657. The van der Waals surface area contributed by atoms with Crippen molar-refractivity contribution in [2.75, 3.05) is 37.9 Å². The summed E-state index contributed by atoms with van der Waals surface area (Å²) in [5.41, 5.74) is 0. The molecule has 0 unspecified atom stereocenters. The molecule has 0 saturated carbocycles. The van der Waals surface area contributed by atoms with E-state index in [1.165, 1.54) is 16.4 Å². The molecule has 1 saturated heterocycles. The standard InChI is InChI=1S/C12H15N5O2S2/c13-17-11(9-2-1-7-20-9)14-15-12(17)21-8-10(18)16-3-5-19-6-4-16/h1-2,7H,3-6,8,13H2. The molecule has 0 radical (unpaired) electrons. The highest BCUT2D eigenvalue weighted by molar-refractivity contribution is 7.99. The molecule has 0 aromatic carbocycles. The van der Waals surface area contributed by atoms with Gasteiger partial charge in [-0.25, -0.2) is 4.68 Å². The Morgan fingerprint density at radius 2 is 2.24 bits per heavy atom. The Balaban J connectivity index is 1.62. The number of aromatic nitrogens is 3. The number of hydrogen-bond donors (Lipinski definition) is 1. The lowest BCUT2D eigenvalue weighted by atomic mass is 10.4. The molecule has 1 aliphatic heterocycles. The minimum absolute atomic E-state index is 0.0731. The Hall–Kier alpha value is -1.58. The van der Waals surface area contributed by atoms with Gasteiger partial charge in [0.15, 0.2) is 5.82 Å². The van der Waals surface area contributed by atoms with Gasteiger partial charge in [0.25, 0.3) is 0 Å². The van der Waals surface area contributed by atoms with Crippen molar-refractivity contribution in [2.24, 2.45) is 0 Å². The van der Waals surface area contributed by atoms with Gasteiger partial charge in [-0.2, -0.15) is 0 Å². The molecule has 112 valence electrons. The maximum absolute atomic E-state index is 12.1. The normalized spacial score (nSPS) is 15.3. The molecular weight excluding hydrogens is 310 g/mol. The lowest BCUT2D eigenvalue weighted by molar-refractivity contribution is -0.132. The smallest absolute Gasteiger partial charge is 0.233 e. The van der Waals surface area contributed by atoms with Crippen LogP contribution in [0.2, 0.25) is 0 Å². The van der Waals surface area contributed by atoms with Crippen LogP contribution in [0.4, 0.5) is 0 Å². The van der Waals surface area contributed by atoms with Crippen LogP contribution in [0.25, 0.3) is 10.7 Å². The lowest BCUT2D eigenvalue weighted by Crippen LogP contribution is -2.41. The number of thioether (sulfide) groups is 1. The first-order chi connectivity index (χ1) is 10.3. The fourth-order valence-corrected chi connectivity index (χ4v) is 3.44. The highest BCUT2D eigenvalue weighted by Crippen LogP contribution is 2.25. The number of nitrogen functional groups attached to an aromatic ring is 1. The zero-order valence-electron chi connectivity index (χ0n) is 11.3. The molecule has 2 N–H and O–H groups in total. The lowest BCUT2D eigenvalue weighted by Gasteiger charge is -2.26. The van der Waals surface area contributed by atoms with Crippen LogP contribution in [0.5, 0.6) is 0 Å². The number of thiophene rings is 1. The van der Waals surface area contributed by atoms with Crippen LogP contribution in [0.15, 0.2) is 22.7 Å². The van der Waals surface area contributed by atoms with Crippen molar-refractivity contribution in [3.63, 3.8) is 0 Å². The molecule has 1 aliphatic rings. The van der Waals surface area contributed by atoms with E-state index in [-0.39, 0.29) is 5.91 Å². The summed E-state index contributed by atoms with van der Waals surface area (Å²) in [5, 5.41) is 10.6. The summed E-state index contributed by atoms with van der Waals surface area (Å²) in [6.45, 7) is 2.50.